The van der Waals surface area contributed by atoms with Gasteiger partial charge in [-0.25, -0.2) is 0 Å². The molecular formula is C13H15BrN2S. The van der Waals surface area contributed by atoms with Gasteiger partial charge in [-0.1, -0.05) is 6.07 Å². The number of hydrogen-bond acceptors (Lipinski definition) is 3. The van der Waals surface area contributed by atoms with Crippen LogP contribution in [0.5, 0.6) is 0 Å². The standard InChI is InChI=1S/C13H15BrN2S/c1-9(11-4-3-7-15-8-11)16-10(2)12-5-6-13(14)17-12/h3-10,16H,1-2H3/t9-,10?/m0/s1. The maximum atomic E-state index is 4.15. The van der Waals surface area contributed by atoms with Crippen LogP contribution >= 0.6 is 27.3 Å². The van der Waals surface area contributed by atoms with Crippen LogP contribution in [0.2, 0.25) is 0 Å². The fourth-order valence-corrected chi connectivity index (χ4v) is 3.18. The monoisotopic (exact) mass is 310 g/mol. The smallest absolute Gasteiger partial charge is 0.0701 e. The lowest BCUT2D eigenvalue weighted by Gasteiger charge is -2.19. The molecule has 2 aromatic rings. The number of nitrogens with zero attached hydrogens (tertiary/aromatic N) is 1. The molecule has 0 aliphatic rings. The molecule has 2 aromatic heterocycles. The zero-order valence-corrected chi connectivity index (χ0v) is 12.3. The van der Waals surface area contributed by atoms with E-state index in [1.54, 1.807) is 17.5 Å². The lowest BCUT2D eigenvalue weighted by atomic mass is 10.1. The highest BCUT2D eigenvalue weighted by atomic mass is 79.9. The molecule has 0 aromatic carbocycles. The van der Waals surface area contributed by atoms with Gasteiger partial charge in [0.1, 0.15) is 0 Å². The van der Waals surface area contributed by atoms with Crippen LogP contribution in [0.15, 0.2) is 40.4 Å². The van der Waals surface area contributed by atoms with Gasteiger partial charge in [0, 0.05) is 29.4 Å². The van der Waals surface area contributed by atoms with Crippen molar-refractivity contribution >= 4 is 27.3 Å². The normalized spacial score (nSPS) is 14.5. The molecule has 0 saturated heterocycles. The summed E-state index contributed by atoms with van der Waals surface area (Å²) in [7, 11) is 0. The Morgan fingerprint density at radius 2 is 2.06 bits per heavy atom. The maximum absolute atomic E-state index is 4.15. The average Bonchev–Trinajstić information content (AvgIpc) is 2.77. The first-order chi connectivity index (χ1) is 8.16. The van der Waals surface area contributed by atoms with E-state index in [9.17, 15) is 0 Å². The summed E-state index contributed by atoms with van der Waals surface area (Å²) in [4.78, 5) is 5.49. The van der Waals surface area contributed by atoms with Gasteiger partial charge in [-0.2, -0.15) is 0 Å². The van der Waals surface area contributed by atoms with E-state index in [0.29, 0.717) is 12.1 Å². The first-order valence-electron chi connectivity index (χ1n) is 5.58. The van der Waals surface area contributed by atoms with Crippen LogP contribution in [0.1, 0.15) is 36.4 Å². The molecule has 2 rings (SSSR count). The predicted octanol–water partition coefficient (Wildman–Crippen LogP) is 4.32. The minimum atomic E-state index is 0.305. The predicted molar refractivity (Wildman–Crippen MR) is 76.2 cm³/mol. The molecule has 0 amide bonds. The number of pyridine rings is 1. The molecule has 0 fully saturated rings. The van der Waals surface area contributed by atoms with Crippen LogP contribution in [0, 0.1) is 0 Å². The molecule has 4 heteroatoms. The minimum absolute atomic E-state index is 0.305. The van der Waals surface area contributed by atoms with E-state index in [-0.39, 0.29) is 0 Å². The van der Waals surface area contributed by atoms with Crippen LogP contribution in [0.4, 0.5) is 0 Å². The Labute approximate surface area is 114 Å². The van der Waals surface area contributed by atoms with Crippen molar-refractivity contribution in [2.75, 3.05) is 0 Å². The summed E-state index contributed by atoms with van der Waals surface area (Å²) in [6.07, 6.45) is 3.71. The molecule has 0 aliphatic heterocycles. The van der Waals surface area contributed by atoms with Crippen molar-refractivity contribution in [1.82, 2.24) is 10.3 Å². The lowest BCUT2D eigenvalue weighted by molar-refractivity contribution is 0.499. The van der Waals surface area contributed by atoms with Crippen molar-refractivity contribution in [2.24, 2.45) is 0 Å². The highest BCUT2D eigenvalue weighted by molar-refractivity contribution is 9.11. The number of halogens is 1. The van der Waals surface area contributed by atoms with Crippen LogP contribution in [0.25, 0.3) is 0 Å². The molecule has 0 aliphatic carbocycles. The highest BCUT2D eigenvalue weighted by Crippen LogP contribution is 2.28. The van der Waals surface area contributed by atoms with Crippen molar-refractivity contribution in [3.8, 4) is 0 Å². The zero-order valence-electron chi connectivity index (χ0n) is 9.85. The number of rotatable bonds is 4. The molecule has 0 radical (unpaired) electrons. The molecular weight excluding hydrogens is 296 g/mol. The summed E-state index contributed by atoms with van der Waals surface area (Å²) in [5, 5.41) is 3.58. The van der Waals surface area contributed by atoms with Gasteiger partial charge in [0.2, 0.25) is 0 Å². The molecule has 0 saturated carbocycles. The first kappa shape index (κ1) is 12.7. The van der Waals surface area contributed by atoms with Gasteiger partial charge in [-0.3, -0.25) is 4.98 Å². The maximum Gasteiger partial charge on any atom is 0.0701 e. The molecule has 1 N–H and O–H groups in total. The summed E-state index contributed by atoms with van der Waals surface area (Å²) >= 11 is 5.26. The molecule has 2 heterocycles. The van der Waals surface area contributed by atoms with Crippen LogP contribution in [0.3, 0.4) is 0 Å². The van der Waals surface area contributed by atoms with Gasteiger partial charge >= 0.3 is 0 Å². The Hall–Kier alpha value is -0.710. The second kappa shape index (κ2) is 5.76. The first-order valence-corrected chi connectivity index (χ1v) is 7.19. The van der Waals surface area contributed by atoms with Gasteiger partial charge in [0.05, 0.1) is 3.79 Å². The molecule has 1 unspecified atom stereocenters. The third-order valence-corrected chi connectivity index (χ3v) is 4.51. The van der Waals surface area contributed by atoms with Crippen molar-refractivity contribution in [2.45, 2.75) is 25.9 Å². The summed E-state index contributed by atoms with van der Waals surface area (Å²) in [6, 6.07) is 8.97. The Kier molecular flexibility index (Phi) is 4.31. The second-order valence-electron chi connectivity index (χ2n) is 4.04. The van der Waals surface area contributed by atoms with E-state index >= 15 is 0 Å². The van der Waals surface area contributed by atoms with Gasteiger partial charge in [0.25, 0.3) is 0 Å². The van der Waals surface area contributed by atoms with E-state index in [1.165, 1.54) is 14.2 Å². The second-order valence-corrected chi connectivity index (χ2v) is 6.53. The Morgan fingerprint density at radius 3 is 2.65 bits per heavy atom. The van der Waals surface area contributed by atoms with Crippen molar-refractivity contribution in [3.63, 3.8) is 0 Å². The third-order valence-electron chi connectivity index (χ3n) is 2.71. The van der Waals surface area contributed by atoms with E-state index in [1.807, 2.05) is 12.3 Å². The summed E-state index contributed by atoms with van der Waals surface area (Å²) in [5.74, 6) is 0. The number of aromatic nitrogens is 1. The summed E-state index contributed by atoms with van der Waals surface area (Å²) in [6.45, 7) is 4.35. The topological polar surface area (TPSA) is 24.9 Å². The fraction of sp³-hybridized carbons (Fsp3) is 0.308. The molecule has 17 heavy (non-hydrogen) atoms. The van der Waals surface area contributed by atoms with Crippen molar-refractivity contribution in [1.29, 1.82) is 0 Å². The third kappa shape index (κ3) is 3.37. The summed E-state index contributed by atoms with van der Waals surface area (Å²) < 4.78 is 1.18. The number of hydrogen-bond donors (Lipinski definition) is 1. The van der Waals surface area contributed by atoms with Gasteiger partial charge in [0.15, 0.2) is 0 Å². The van der Waals surface area contributed by atoms with Crippen molar-refractivity contribution in [3.05, 3.63) is 50.9 Å². The summed E-state index contributed by atoms with van der Waals surface area (Å²) in [5.41, 5.74) is 1.22. The van der Waals surface area contributed by atoms with E-state index in [4.69, 9.17) is 0 Å². The Bertz CT molecular complexity index is 469. The minimum Gasteiger partial charge on any atom is -0.303 e. The van der Waals surface area contributed by atoms with Gasteiger partial charge in [-0.05, 0) is 53.5 Å². The molecule has 0 bridgehead atoms. The number of thiophene rings is 1. The lowest BCUT2D eigenvalue weighted by Crippen LogP contribution is -2.21. The van der Waals surface area contributed by atoms with Crippen LogP contribution in [-0.4, -0.2) is 4.98 Å². The van der Waals surface area contributed by atoms with E-state index in [0.717, 1.165) is 0 Å². The van der Waals surface area contributed by atoms with Gasteiger partial charge in [-0.15, -0.1) is 11.3 Å². The van der Waals surface area contributed by atoms with Crippen molar-refractivity contribution < 1.29 is 0 Å². The van der Waals surface area contributed by atoms with E-state index < -0.39 is 0 Å². The van der Waals surface area contributed by atoms with Gasteiger partial charge < -0.3 is 5.32 Å². The molecule has 2 atom stereocenters. The van der Waals surface area contributed by atoms with Crippen LogP contribution < -0.4 is 5.32 Å². The fourth-order valence-electron chi connectivity index (χ4n) is 1.75. The number of nitrogens with one attached hydrogen (secondary N) is 1. The quantitative estimate of drug-likeness (QED) is 0.909. The zero-order chi connectivity index (χ0) is 12.3. The molecule has 2 nitrogen and oxygen atoms in total. The molecule has 90 valence electrons. The SMILES string of the molecule is CC(N[C@@H](C)c1cccnc1)c1ccc(Br)s1. The average molecular weight is 311 g/mol. The van der Waals surface area contributed by atoms with Crippen LogP contribution in [-0.2, 0) is 0 Å². The largest absolute Gasteiger partial charge is 0.303 e. The highest BCUT2D eigenvalue weighted by Gasteiger charge is 2.12. The molecule has 0 spiro atoms. The van der Waals surface area contributed by atoms with E-state index in [2.05, 4.69) is 58.3 Å². The Morgan fingerprint density at radius 1 is 1.24 bits per heavy atom. The Balaban J connectivity index is 2.02.